The largest absolute Gasteiger partial charge is 0.501 e. The third-order valence-corrected chi connectivity index (χ3v) is 6.04. The number of allylic oxidation sites excluding steroid dienone is 1. The summed E-state index contributed by atoms with van der Waals surface area (Å²) in [5, 5.41) is 8.60. The topological polar surface area (TPSA) is 72.8 Å². The Morgan fingerprint density at radius 2 is 1.97 bits per heavy atom. The average Bonchev–Trinajstić information content (AvgIpc) is 2.96. The summed E-state index contributed by atoms with van der Waals surface area (Å²) in [6, 6.07) is 5.81. The van der Waals surface area contributed by atoms with Crippen LogP contribution in [0.15, 0.2) is 30.5 Å². The van der Waals surface area contributed by atoms with Gasteiger partial charge in [0.15, 0.2) is 5.78 Å². The Morgan fingerprint density at radius 3 is 2.58 bits per heavy atom. The number of aryl methyl sites for hydroxylation is 2. The van der Waals surface area contributed by atoms with E-state index in [-0.39, 0.29) is 19.4 Å². The van der Waals surface area contributed by atoms with Crippen LogP contribution in [0.4, 0.5) is 13.2 Å². The number of benzene rings is 1. The van der Waals surface area contributed by atoms with E-state index in [0.717, 1.165) is 16.7 Å². The molecule has 1 aromatic carbocycles. The zero-order chi connectivity index (χ0) is 23.2. The standard InChI is InChI=1S/C23H29F3O5/c1-14-6-4-7-16(15(14)2)9-10-17-18(8-5-12-31-13-11-19(27)28)22(30-3)20(21(17)29)23(24,25)26/h4-7,12,17-18,20,22H,8-11,13H2,1-3H3,(H,27,28)/b12-5-/t17-,18-,20?,22?/m1/s1. The fraction of sp³-hybridized carbons (Fsp3) is 0.565. The summed E-state index contributed by atoms with van der Waals surface area (Å²) in [5.74, 6) is -5.41. The first-order chi connectivity index (χ1) is 14.6. The number of hydrogen-bond donors (Lipinski definition) is 1. The second-order valence-corrected chi connectivity index (χ2v) is 7.91. The van der Waals surface area contributed by atoms with Gasteiger partial charge in [0, 0.05) is 13.0 Å². The number of Topliss-reactive ketones (excluding diaryl/α,β-unsaturated/α-hetero) is 1. The molecule has 1 fully saturated rings. The SMILES string of the molecule is COC1C(C(F)(F)F)C(=O)[C@H](CCc2cccc(C)c2C)[C@H]1C/C=C\OCCC(=O)O. The Kier molecular flexibility index (Phi) is 8.68. The van der Waals surface area contributed by atoms with E-state index >= 15 is 0 Å². The van der Waals surface area contributed by atoms with E-state index in [4.69, 9.17) is 14.6 Å². The predicted octanol–water partition coefficient (Wildman–Crippen LogP) is 4.64. The first-order valence-corrected chi connectivity index (χ1v) is 10.2. The average molecular weight is 442 g/mol. The molecule has 31 heavy (non-hydrogen) atoms. The Morgan fingerprint density at radius 1 is 1.26 bits per heavy atom. The van der Waals surface area contributed by atoms with Gasteiger partial charge in [0.1, 0.15) is 5.92 Å². The lowest BCUT2D eigenvalue weighted by Gasteiger charge is -2.24. The van der Waals surface area contributed by atoms with E-state index in [1.54, 1.807) is 0 Å². The number of aliphatic carboxylic acids is 1. The summed E-state index contributed by atoms with van der Waals surface area (Å²) in [4.78, 5) is 23.3. The van der Waals surface area contributed by atoms with Gasteiger partial charge in [-0.15, -0.1) is 0 Å². The lowest BCUT2D eigenvalue weighted by atomic mass is 9.85. The third-order valence-electron chi connectivity index (χ3n) is 6.04. The van der Waals surface area contributed by atoms with Crippen molar-refractivity contribution in [2.24, 2.45) is 17.8 Å². The summed E-state index contributed by atoms with van der Waals surface area (Å²) in [5.41, 5.74) is 3.19. The van der Waals surface area contributed by atoms with E-state index in [9.17, 15) is 22.8 Å². The van der Waals surface area contributed by atoms with Crippen LogP contribution in [0.2, 0.25) is 0 Å². The van der Waals surface area contributed by atoms with Gasteiger partial charge in [0.05, 0.1) is 25.4 Å². The van der Waals surface area contributed by atoms with Gasteiger partial charge in [-0.1, -0.05) is 18.2 Å². The van der Waals surface area contributed by atoms with Crippen molar-refractivity contribution in [3.63, 3.8) is 0 Å². The number of ether oxygens (including phenoxy) is 2. The van der Waals surface area contributed by atoms with E-state index in [0.29, 0.717) is 12.8 Å². The van der Waals surface area contributed by atoms with Crippen molar-refractivity contribution >= 4 is 11.8 Å². The van der Waals surface area contributed by atoms with Crippen LogP contribution in [0, 0.1) is 31.6 Å². The monoisotopic (exact) mass is 442 g/mol. The van der Waals surface area contributed by atoms with Crippen LogP contribution >= 0.6 is 0 Å². The second kappa shape index (κ2) is 10.8. The minimum atomic E-state index is -4.67. The lowest BCUT2D eigenvalue weighted by molar-refractivity contribution is -0.199. The first-order valence-electron chi connectivity index (χ1n) is 10.2. The number of ketones is 1. The molecule has 1 N–H and O–H groups in total. The molecular formula is C23H29F3O5. The molecule has 2 rings (SSSR count). The van der Waals surface area contributed by atoms with Crippen molar-refractivity contribution in [1.29, 1.82) is 0 Å². The van der Waals surface area contributed by atoms with Crippen LogP contribution in [0.5, 0.6) is 0 Å². The molecule has 0 aliphatic heterocycles. The van der Waals surface area contributed by atoms with Gasteiger partial charge in [0.25, 0.3) is 0 Å². The number of carboxylic acid groups (broad SMARTS) is 1. The maximum absolute atomic E-state index is 13.6. The summed E-state index contributed by atoms with van der Waals surface area (Å²) in [6.45, 7) is 3.90. The lowest BCUT2D eigenvalue weighted by Crippen LogP contribution is -2.37. The number of alkyl halides is 3. The second-order valence-electron chi connectivity index (χ2n) is 7.91. The number of methoxy groups -OCH3 is 1. The molecule has 8 heteroatoms. The number of carbonyl (C=O) groups excluding carboxylic acids is 1. The Hall–Kier alpha value is -2.35. The molecule has 0 radical (unpaired) electrons. The molecule has 1 aromatic rings. The van der Waals surface area contributed by atoms with Crippen molar-refractivity contribution in [3.8, 4) is 0 Å². The minimum absolute atomic E-state index is 0.0373. The van der Waals surface area contributed by atoms with Crippen LogP contribution in [-0.2, 0) is 25.5 Å². The smallest absolute Gasteiger partial charge is 0.401 e. The zero-order valence-corrected chi connectivity index (χ0v) is 17.9. The molecule has 5 nitrogen and oxygen atoms in total. The molecule has 0 amide bonds. The highest BCUT2D eigenvalue weighted by molar-refractivity contribution is 5.87. The fourth-order valence-electron chi connectivity index (χ4n) is 4.28. The molecule has 1 aliphatic rings. The minimum Gasteiger partial charge on any atom is -0.501 e. The van der Waals surface area contributed by atoms with E-state index in [1.165, 1.54) is 19.4 Å². The third kappa shape index (κ3) is 6.32. The van der Waals surface area contributed by atoms with Crippen LogP contribution in [-0.4, -0.2) is 42.9 Å². The maximum atomic E-state index is 13.6. The summed E-state index contributed by atoms with van der Waals surface area (Å²) in [6.07, 6.45) is -2.33. The van der Waals surface area contributed by atoms with Gasteiger partial charge >= 0.3 is 12.1 Å². The predicted molar refractivity (Wildman–Crippen MR) is 109 cm³/mol. The highest BCUT2D eigenvalue weighted by Gasteiger charge is 2.60. The molecule has 0 bridgehead atoms. The van der Waals surface area contributed by atoms with Crippen molar-refractivity contribution in [1.82, 2.24) is 0 Å². The van der Waals surface area contributed by atoms with Gasteiger partial charge in [-0.3, -0.25) is 9.59 Å². The van der Waals surface area contributed by atoms with E-state index < -0.39 is 41.8 Å². The molecule has 0 spiro atoms. The van der Waals surface area contributed by atoms with E-state index in [1.807, 2.05) is 32.0 Å². The molecule has 172 valence electrons. The number of carboxylic acids is 1. The van der Waals surface area contributed by atoms with Crippen molar-refractivity contribution < 1.29 is 37.3 Å². The molecular weight excluding hydrogens is 413 g/mol. The van der Waals surface area contributed by atoms with Crippen LogP contribution in [0.25, 0.3) is 0 Å². The highest BCUT2D eigenvalue weighted by atomic mass is 19.4. The number of hydrogen-bond acceptors (Lipinski definition) is 4. The van der Waals surface area contributed by atoms with Crippen LogP contribution < -0.4 is 0 Å². The molecule has 0 aromatic heterocycles. The maximum Gasteiger partial charge on any atom is 0.401 e. The quantitative estimate of drug-likeness (QED) is 0.422. The molecule has 4 atom stereocenters. The summed E-state index contributed by atoms with van der Waals surface area (Å²) in [7, 11) is 1.20. The number of carbonyl (C=O) groups is 2. The highest BCUT2D eigenvalue weighted by Crippen LogP contribution is 2.47. The number of rotatable bonds is 10. The van der Waals surface area contributed by atoms with E-state index in [2.05, 4.69) is 0 Å². The van der Waals surface area contributed by atoms with Gasteiger partial charge < -0.3 is 14.6 Å². The van der Waals surface area contributed by atoms with Crippen molar-refractivity contribution in [3.05, 3.63) is 47.2 Å². The van der Waals surface area contributed by atoms with Gasteiger partial charge in [0.2, 0.25) is 0 Å². The van der Waals surface area contributed by atoms with Gasteiger partial charge in [-0.25, -0.2) is 0 Å². The summed E-state index contributed by atoms with van der Waals surface area (Å²) >= 11 is 0. The van der Waals surface area contributed by atoms with Crippen molar-refractivity contribution in [2.45, 2.75) is 51.8 Å². The molecule has 0 heterocycles. The molecule has 2 unspecified atom stereocenters. The van der Waals surface area contributed by atoms with Gasteiger partial charge in [-0.05, 0) is 61.8 Å². The number of halogens is 3. The molecule has 0 saturated heterocycles. The molecule has 1 aliphatic carbocycles. The van der Waals surface area contributed by atoms with Crippen LogP contribution in [0.1, 0.15) is 36.0 Å². The zero-order valence-electron chi connectivity index (χ0n) is 17.9. The molecule has 1 saturated carbocycles. The first kappa shape index (κ1) is 24.9. The van der Waals surface area contributed by atoms with Crippen LogP contribution in [0.3, 0.4) is 0 Å². The Bertz CT molecular complexity index is 803. The fourth-order valence-corrected chi connectivity index (χ4v) is 4.28. The Balaban J connectivity index is 2.17. The Labute approximate surface area is 180 Å². The van der Waals surface area contributed by atoms with Crippen molar-refractivity contribution in [2.75, 3.05) is 13.7 Å². The summed E-state index contributed by atoms with van der Waals surface area (Å²) < 4.78 is 51.2. The normalized spacial score (nSPS) is 24.1. The van der Waals surface area contributed by atoms with Gasteiger partial charge in [-0.2, -0.15) is 13.2 Å².